The molecule has 1 aliphatic carbocycles. The number of pyridine rings is 1. The molecule has 182 valence electrons. The number of carbonyl (C=O) groups excluding carboxylic acids is 2. The Balaban J connectivity index is 1.46. The highest BCUT2D eigenvalue weighted by Gasteiger charge is 2.40. The van der Waals surface area contributed by atoms with Crippen molar-refractivity contribution >= 4 is 28.9 Å². The van der Waals surface area contributed by atoms with Crippen LogP contribution in [-0.2, 0) is 14.3 Å². The molecule has 7 nitrogen and oxygen atoms in total. The van der Waals surface area contributed by atoms with Crippen molar-refractivity contribution in [2.75, 3.05) is 4.90 Å². The summed E-state index contributed by atoms with van der Waals surface area (Å²) >= 11 is 1.51. The van der Waals surface area contributed by atoms with Crippen LogP contribution in [0, 0.1) is 0 Å². The number of hydrogen-bond donors (Lipinski definition) is 0. The molecule has 0 bridgehead atoms. The van der Waals surface area contributed by atoms with E-state index in [1.807, 2.05) is 48.7 Å². The third kappa shape index (κ3) is 4.80. The molecule has 1 fully saturated rings. The number of carbonyl (C=O) groups is 2. The zero-order valence-corrected chi connectivity index (χ0v) is 20.8. The first-order valence-corrected chi connectivity index (χ1v) is 13.1. The van der Waals surface area contributed by atoms with Gasteiger partial charge in [-0.3, -0.25) is 14.7 Å². The van der Waals surface area contributed by atoms with Gasteiger partial charge in [0.25, 0.3) is 5.91 Å². The SMILES string of the molecule is CCC(C(=O)OC1CCCCC1)N1C(=O)C(C)Oc2ccc(-c3csc(-c4ccccn4)n3)cc21. The van der Waals surface area contributed by atoms with Crippen LogP contribution in [-0.4, -0.2) is 40.1 Å². The van der Waals surface area contributed by atoms with E-state index in [0.29, 0.717) is 17.9 Å². The van der Waals surface area contributed by atoms with Crippen LogP contribution in [0.1, 0.15) is 52.4 Å². The Bertz CT molecular complexity index is 1210. The normalized spacial score (nSPS) is 19.1. The number of benzene rings is 1. The van der Waals surface area contributed by atoms with E-state index in [1.165, 1.54) is 17.8 Å². The largest absolute Gasteiger partial charge is 0.479 e. The van der Waals surface area contributed by atoms with E-state index in [2.05, 4.69) is 4.98 Å². The molecule has 35 heavy (non-hydrogen) atoms. The average molecular weight is 492 g/mol. The number of nitrogens with zero attached hydrogens (tertiary/aromatic N) is 3. The molecule has 1 saturated carbocycles. The van der Waals surface area contributed by atoms with Gasteiger partial charge in [-0.25, -0.2) is 9.78 Å². The van der Waals surface area contributed by atoms with Gasteiger partial charge in [0.2, 0.25) is 0 Å². The summed E-state index contributed by atoms with van der Waals surface area (Å²) in [6.07, 6.45) is 6.55. The third-order valence-corrected chi connectivity index (χ3v) is 7.46. The van der Waals surface area contributed by atoms with Gasteiger partial charge in [0.15, 0.2) is 6.10 Å². The van der Waals surface area contributed by atoms with E-state index < -0.39 is 12.1 Å². The number of esters is 1. The van der Waals surface area contributed by atoms with Gasteiger partial charge in [0, 0.05) is 17.1 Å². The minimum Gasteiger partial charge on any atom is -0.479 e. The first-order valence-electron chi connectivity index (χ1n) is 12.3. The molecule has 1 aliphatic heterocycles. The molecule has 1 aromatic carbocycles. The monoisotopic (exact) mass is 491 g/mol. The molecule has 1 amide bonds. The number of thiazole rings is 1. The lowest BCUT2D eigenvalue weighted by atomic mass is 9.97. The Labute approximate surface area is 209 Å². The van der Waals surface area contributed by atoms with Crippen LogP contribution >= 0.6 is 11.3 Å². The number of aromatic nitrogens is 2. The Morgan fingerprint density at radius 3 is 2.77 bits per heavy atom. The van der Waals surface area contributed by atoms with E-state index in [4.69, 9.17) is 14.5 Å². The Morgan fingerprint density at radius 1 is 1.20 bits per heavy atom. The maximum absolute atomic E-state index is 13.3. The van der Waals surface area contributed by atoms with Gasteiger partial charge in [-0.2, -0.15) is 0 Å². The number of fused-ring (bicyclic) bond motifs is 1. The van der Waals surface area contributed by atoms with Crippen molar-refractivity contribution in [2.45, 2.75) is 70.6 Å². The molecular formula is C27H29N3O4S. The van der Waals surface area contributed by atoms with Gasteiger partial charge >= 0.3 is 5.97 Å². The fourth-order valence-corrected chi connectivity index (χ4v) is 5.54. The van der Waals surface area contributed by atoms with Crippen LogP contribution in [0.3, 0.4) is 0 Å². The first-order chi connectivity index (χ1) is 17.0. The summed E-state index contributed by atoms with van der Waals surface area (Å²) in [5.41, 5.74) is 3.01. The maximum Gasteiger partial charge on any atom is 0.329 e. The molecule has 2 aromatic heterocycles. The summed E-state index contributed by atoms with van der Waals surface area (Å²) in [5, 5.41) is 2.79. The second kappa shape index (κ2) is 10.2. The van der Waals surface area contributed by atoms with Gasteiger partial charge in [0.1, 0.15) is 22.9 Å². The molecule has 2 atom stereocenters. The minimum absolute atomic E-state index is 0.0651. The molecular weight excluding hydrogens is 462 g/mol. The highest BCUT2D eigenvalue weighted by molar-refractivity contribution is 7.13. The average Bonchev–Trinajstić information content (AvgIpc) is 3.38. The quantitative estimate of drug-likeness (QED) is 0.415. The van der Waals surface area contributed by atoms with Crippen LogP contribution < -0.4 is 9.64 Å². The predicted octanol–water partition coefficient (Wildman–Crippen LogP) is 5.64. The van der Waals surface area contributed by atoms with Gasteiger partial charge in [-0.05, 0) is 69.4 Å². The lowest BCUT2D eigenvalue weighted by Gasteiger charge is -2.37. The Morgan fingerprint density at radius 2 is 2.03 bits per heavy atom. The minimum atomic E-state index is -0.704. The summed E-state index contributed by atoms with van der Waals surface area (Å²) in [6.45, 7) is 3.62. The molecule has 5 rings (SSSR count). The molecule has 0 N–H and O–H groups in total. The number of anilines is 1. The molecule has 0 saturated heterocycles. The number of amides is 1. The Kier molecular flexibility index (Phi) is 6.81. The lowest BCUT2D eigenvalue weighted by molar-refractivity contribution is -0.153. The topological polar surface area (TPSA) is 81.6 Å². The van der Waals surface area contributed by atoms with Crippen LogP contribution in [0.4, 0.5) is 5.69 Å². The van der Waals surface area contributed by atoms with Crippen LogP contribution in [0.2, 0.25) is 0 Å². The van der Waals surface area contributed by atoms with Crippen molar-refractivity contribution in [3.8, 4) is 27.7 Å². The summed E-state index contributed by atoms with van der Waals surface area (Å²) in [4.78, 5) is 37.2. The van der Waals surface area contributed by atoms with Gasteiger partial charge in [-0.15, -0.1) is 11.3 Å². The van der Waals surface area contributed by atoms with Crippen molar-refractivity contribution in [1.29, 1.82) is 0 Å². The van der Waals surface area contributed by atoms with Gasteiger partial charge in [0.05, 0.1) is 17.1 Å². The van der Waals surface area contributed by atoms with Crippen LogP contribution in [0.15, 0.2) is 48.0 Å². The molecule has 0 radical (unpaired) electrons. The standard InChI is InChI=1S/C27H29N3O4S/c1-3-22(27(32)34-19-9-5-4-6-10-19)30-23-15-18(12-13-24(23)33-17(2)26(30)31)21-16-35-25(29-21)20-11-7-8-14-28-20/h7-8,11-17,19,22H,3-6,9-10H2,1-2H3. The van der Waals surface area contributed by atoms with E-state index in [1.54, 1.807) is 18.0 Å². The fraction of sp³-hybridized carbons (Fsp3) is 0.407. The maximum atomic E-state index is 13.3. The summed E-state index contributed by atoms with van der Waals surface area (Å²) < 4.78 is 11.8. The van der Waals surface area contributed by atoms with Crippen molar-refractivity contribution in [1.82, 2.24) is 9.97 Å². The fourth-order valence-electron chi connectivity index (χ4n) is 4.74. The molecule has 8 heteroatoms. The van der Waals surface area contributed by atoms with Crippen molar-refractivity contribution in [3.05, 3.63) is 48.0 Å². The van der Waals surface area contributed by atoms with E-state index in [9.17, 15) is 9.59 Å². The van der Waals surface area contributed by atoms with Gasteiger partial charge in [-0.1, -0.05) is 19.4 Å². The summed E-state index contributed by atoms with van der Waals surface area (Å²) in [6, 6.07) is 10.7. The van der Waals surface area contributed by atoms with Gasteiger partial charge < -0.3 is 9.47 Å². The number of hydrogen-bond acceptors (Lipinski definition) is 7. The second-order valence-corrected chi connectivity index (χ2v) is 9.88. The highest BCUT2D eigenvalue weighted by atomic mass is 32.1. The summed E-state index contributed by atoms with van der Waals surface area (Å²) in [5.74, 6) is -0.0104. The second-order valence-electron chi connectivity index (χ2n) is 9.02. The van der Waals surface area contributed by atoms with Crippen LogP contribution in [0.25, 0.3) is 22.0 Å². The van der Waals surface area contributed by atoms with Crippen molar-refractivity contribution < 1.29 is 19.1 Å². The van der Waals surface area contributed by atoms with E-state index in [0.717, 1.165) is 47.6 Å². The predicted molar refractivity (Wildman–Crippen MR) is 135 cm³/mol. The molecule has 0 spiro atoms. The molecule has 2 aliphatic rings. The van der Waals surface area contributed by atoms with Crippen LogP contribution in [0.5, 0.6) is 5.75 Å². The smallest absolute Gasteiger partial charge is 0.329 e. The number of rotatable bonds is 6. The van der Waals surface area contributed by atoms with E-state index in [-0.39, 0.29) is 18.0 Å². The number of ether oxygens (including phenoxy) is 2. The zero-order chi connectivity index (χ0) is 24.4. The van der Waals surface area contributed by atoms with E-state index >= 15 is 0 Å². The first kappa shape index (κ1) is 23.5. The van der Waals surface area contributed by atoms with Crippen molar-refractivity contribution in [2.24, 2.45) is 0 Å². The lowest BCUT2D eigenvalue weighted by Crippen LogP contribution is -2.53. The molecule has 3 aromatic rings. The zero-order valence-electron chi connectivity index (χ0n) is 20.0. The van der Waals surface area contributed by atoms with Crippen molar-refractivity contribution in [3.63, 3.8) is 0 Å². The molecule has 3 heterocycles. The molecule has 2 unspecified atom stereocenters. The third-order valence-electron chi connectivity index (χ3n) is 6.60. The highest BCUT2D eigenvalue weighted by Crippen LogP contribution is 2.40. The Hall–Kier alpha value is -3.26. The summed E-state index contributed by atoms with van der Waals surface area (Å²) in [7, 11) is 0.